The summed E-state index contributed by atoms with van der Waals surface area (Å²) in [5.41, 5.74) is 2.66. The number of benzene rings is 2. The highest BCUT2D eigenvalue weighted by Crippen LogP contribution is 2.61. The molecule has 2 aromatic rings. The molecule has 2 N–H and O–H groups in total. The van der Waals surface area contributed by atoms with Gasteiger partial charge < -0.3 is 5.11 Å². The molecule has 3 aliphatic rings. The van der Waals surface area contributed by atoms with Gasteiger partial charge >= 0.3 is 0 Å². The monoisotopic (exact) mass is 445 g/mol. The fourth-order valence-corrected chi connectivity index (χ4v) is 8.34. The first-order valence-electron chi connectivity index (χ1n) is 10.9. The Morgan fingerprint density at radius 3 is 2.73 bits per heavy atom. The van der Waals surface area contributed by atoms with E-state index in [1.807, 2.05) is 12.1 Å². The third kappa shape index (κ3) is 3.26. The van der Waals surface area contributed by atoms with Gasteiger partial charge in [-0.2, -0.15) is 0 Å². The molecule has 4 nitrogen and oxygen atoms in total. The quantitative estimate of drug-likeness (QED) is 0.678. The molecule has 6 heteroatoms. The average molecular weight is 446 g/mol. The SMILES string of the molecule is C[C@]12CC[C@@H]3c4ccc(O)cc4CC[C@H]3[C@@H]1CC[C@@H]2NS(=O)(=O)c1cccc(Cl)c1. The van der Waals surface area contributed by atoms with Crippen LogP contribution >= 0.6 is 11.6 Å². The summed E-state index contributed by atoms with van der Waals surface area (Å²) >= 11 is 6.03. The molecule has 0 heterocycles. The van der Waals surface area contributed by atoms with Crippen LogP contribution in [0.1, 0.15) is 56.1 Å². The van der Waals surface area contributed by atoms with E-state index in [4.69, 9.17) is 11.6 Å². The van der Waals surface area contributed by atoms with Crippen molar-refractivity contribution in [3.8, 4) is 5.75 Å². The first kappa shape index (κ1) is 20.3. The van der Waals surface area contributed by atoms with Crippen LogP contribution in [-0.2, 0) is 16.4 Å². The second-order valence-electron chi connectivity index (χ2n) is 9.55. The van der Waals surface area contributed by atoms with Gasteiger partial charge in [-0.15, -0.1) is 0 Å². The predicted octanol–water partition coefficient (Wildman–Crippen LogP) is 5.25. The number of aromatic hydroxyl groups is 1. The number of phenolic OH excluding ortho intramolecular Hbond substituents is 1. The molecule has 0 unspecified atom stereocenters. The summed E-state index contributed by atoms with van der Waals surface area (Å²) in [6, 6.07) is 12.3. The molecule has 0 bridgehead atoms. The molecule has 2 aromatic carbocycles. The van der Waals surface area contributed by atoms with Gasteiger partial charge in [0.1, 0.15) is 5.75 Å². The molecule has 160 valence electrons. The highest BCUT2D eigenvalue weighted by Gasteiger charge is 2.55. The van der Waals surface area contributed by atoms with Crippen LogP contribution in [0.25, 0.3) is 0 Å². The van der Waals surface area contributed by atoms with Crippen molar-refractivity contribution in [2.45, 2.75) is 62.3 Å². The van der Waals surface area contributed by atoms with Crippen LogP contribution in [0.5, 0.6) is 5.75 Å². The minimum absolute atomic E-state index is 0.0266. The van der Waals surface area contributed by atoms with Crippen molar-refractivity contribution < 1.29 is 13.5 Å². The van der Waals surface area contributed by atoms with Gasteiger partial charge in [0.05, 0.1) is 4.90 Å². The molecule has 5 atom stereocenters. The summed E-state index contributed by atoms with van der Waals surface area (Å²) in [6.45, 7) is 2.29. The topological polar surface area (TPSA) is 66.4 Å². The lowest BCUT2D eigenvalue weighted by Crippen LogP contribution is -2.50. The molecule has 0 amide bonds. The van der Waals surface area contributed by atoms with E-state index >= 15 is 0 Å². The molecule has 3 aliphatic carbocycles. The van der Waals surface area contributed by atoms with Crippen LogP contribution in [0.3, 0.4) is 0 Å². The maximum absolute atomic E-state index is 13.0. The van der Waals surface area contributed by atoms with Crippen molar-refractivity contribution in [2.75, 3.05) is 0 Å². The molecule has 0 radical (unpaired) electrons. The zero-order valence-electron chi connectivity index (χ0n) is 17.1. The molecule has 0 aromatic heterocycles. The van der Waals surface area contributed by atoms with Gasteiger partial charge in [0.15, 0.2) is 0 Å². The first-order chi connectivity index (χ1) is 14.3. The Kier molecular flexibility index (Phi) is 4.92. The molecule has 30 heavy (non-hydrogen) atoms. The zero-order valence-corrected chi connectivity index (χ0v) is 18.7. The number of hydrogen-bond acceptors (Lipinski definition) is 3. The van der Waals surface area contributed by atoms with Gasteiger partial charge in [-0.1, -0.05) is 30.7 Å². The average Bonchev–Trinajstić information content (AvgIpc) is 3.03. The third-order valence-corrected chi connectivity index (χ3v) is 9.82. The minimum atomic E-state index is -3.60. The summed E-state index contributed by atoms with van der Waals surface area (Å²) in [4.78, 5) is 0.238. The molecule has 5 rings (SSSR count). The summed E-state index contributed by atoms with van der Waals surface area (Å²) < 4.78 is 29.1. The maximum atomic E-state index is 13.0. The number of sulfonamides is 1. The lowest BCUT2D eigenvalue weighted by molar-refractivity contribution is 0.0462. The van der Waals surface area contributed by atoms with Crippen LogP contribution in [-0.4, -0.2) is 19.6 Å². The van der Waals surface area contributed by atoms with Crippen molar-refractivity contribution in [3.05, 3.63) is 58.6 Å². The second-order valence-corrected chi connectivity index (χ2v) is 11.7. The van der Waals surface area contributed by atoms with E-state index in [0.29, 0.717) is 28.5 Å². The fourth-order valence-electron chi connectivity index (χ4n) is 6.65. The summed E-state index contributed by atoms with van der Waals surface area (Å²) in [5.74, 6) is 1.98. The highest BCUT2D eigenvalue weighted by molar-refractivity contribution is 7.89. The molecule has 0 spiro atoms. The Bertz CT molecular complexity index is 1090. The van der Waals surface area contributed by atoms with E-state index in [2.05, 4.69) is 17.7 Å². The van der Waals surface area contributed by atoms with Crippen molar-refractivity contribution in [3.63, 3.8) is 0 Å². The Balaban J connectivity index is 1.40. The standard InChI is InChI=1S/C24H28ClNO3S/c1-24-12-11-20-19-8-6-17(27)13-15(19)5-7-21(20)22(24)9-10-23(24)26-30(28,29)18-4-2-3-16(25)14-18/h2-4,6,8,13-14,20-23,26-27H,5,7,9-12H2,1H3/t20-,21-,22+,23+,24+/m1/s1. The van der Waals surface area contributed by atoms with Gasteiger partial charge in [-0.3, -0.25) is 0 Å². The smallest absolute Gasteiger partial charge is 0.240 e. The first-order valence-corrected chi connectivity index (χ1v) is 12.7. The van der Waals surface area contributed by atoms with E-state index in [1.54, 1.807) is 18.2 Å². The maximum Gasteiger partial charge on any atom is 0.240 e. The Morgan fingerprint density at radius 2 is 1.93 bits per heavy atom. The summed E-state index contributed by atoms with van der Waals surface area (Å²) in [7, 11) is -3.60. The van der Waals surface area contributed by atoms with Crippen LogP contribution < -0.4 is 4.72 Å². The number of phenols is 1. The predicted molar refractivity (Wildman–Crippen MR) is 118 cm³/mol. The van der Waals surface area contributed by atoms with E-state index in [0.717, 1.165) is 38.5 Å². The number of halogens is 1. The zero-order chi connectivity index (χ0) is 21.1. The van der Waals surface area contributed by atoms with E-state index in [-0.39, 0.29) is 16.4 Å². The Hall–Kier alpha value is -1.56. The van der Waals surface area contributed by atoms with Gasteiger partial charge in [0.2, 0.25) is 10.0 Å². The van der Waals surface area contributed by atoms with Crippen molar-refractivity contribution in [1.29, 1.82) is 0 Å². The van der Waals surface area contributed by atoms with Gasteiger partial charge in [-0.25, -0.2) is 13.1 Å². The largest absolute Gasteiger partial charge is 0.508 e. The lowest BCUT2D eigenvalue weighted by Gasteiger charge is -2.51. The number of hydrogen-bond donors (Lipinski definition) is 2. The van der Waals surface area contributed by atoms with Crippen molar-refractivity contribution in [1.82, 2.24) is 4.72 Å². The van der Waals surface area contributed by atoms with Crippen LogP contribution in [0, 0.1) is 17.3 Å². The van der Waals surface area contributed by atoms with E-state index < -0.39 is 10.0 Å². The second kappa shape index (κ2) is 7.25. The summed E-state index contributed by atoms with van der Waals surface area (Å²) in [5, 5.41) is 10.3. The van der Waals surface area contributed by atoms with Crippen molar-refractivity contribution >= 4 is 21.6 Å². The molecule has 0 aliphatic heterocycles. The van der Waals surface area contributed by atoms with E-state index in [1.165, 1.54) is 17.2 Å². The summed E-state index contributed by atoms with van der Waals surface area (Å²) in [6.07, 6.45) is 6.15. The molecule has 0 saturated heterocycles. The van der Waals surface area contributed by atoms with Gasteiger partial charge in [-0.05, 0) is 103 Å². The number of fused-ring (bicyclic) bond motifs is 5. The number of nitrogens with one attached hydrogen (secondary N) is 1. The van der Waals surface area contributed by atoms with Crippen LogP contribution in [0.2, 0.25) is 5.02 Å². The van der Waals surface area contributed by atoms with Crippen molar-refractivity contribution in [2.24, 2.45) is 17.3 Å². The van der Waals surface area contributed by atoms with Gasteiger partial charge in [0, 0.05) is 11.1 Å². The van der Waals surface area contributed by atoms with Crippen LogP contribution in [0.15, 0.2) is 47.4 Å². The van der Waals surface area contributed by atoms with Crippen LogP contribution in [0.4, 0.5) is 0 Å². The normalized spacial score (nSPS) is 32.9. The molecule has 2 fully saturated rings. The Labute approximate surface area is 183 Å². The third-order valence-electron chi connectivity index (χ3n) is 8.11. The minimum Gasteiger partial charge on any atom is -0.508 e. The van der Waals surface area contributed by atoms with E-state index in [9.17, 15) is 13.5 Å². The number of aryl methyl sites for hydroxylation is 1. The molecular weight excluding hydrogens is 418 g/mol. The highest BCUT2D eigenvalue weighted by atomic mass is 35.5. The van der Waals surface area contributed by atoms with Gasteiger partial charge in [0.25, 0.3) is 0 Å². The Morgan fingerprint density at radius 1 is 1.10 bits per heavy atom. The molecular formula is C24H28ClNO3S. The number of rotatable bonds is 3. The lowest BCUT2D eigenvalue weighted by atomic mass is 9.55. The fraction of sp³-hybridized carbons (Fsp3) is 0.500. The molecule has 2 saturated carbocycles.